The molecule has 0 heterocycles. The van der Waals surface area contributed by atoms with Gasteiger partial charge in [-0.3, -0.25) is 0 Å². The fraction of sp³-hybridized carbons (Fsp3) is 0.769. The molecule has 0 radical (unpaired) electrons. The van der Waals surface area contributed by atoms with Crippen LogP contribution in [-0.4, -0.2) is 38.5 Å². The second-order valence-electron chi connectivity index (χ2n) is 4.76. The Kier molecular flexibility index (Phi) is 8.17. The van der Waals surface area contributed by atoms with Gasteiger partial charge in [0.05, 0.1) is 6.61 Å². The fourth-order valence-electron chi connectivity index (χ4n) is 2.10. The van der Waals surface area contributed by atoms with E-state index in [0.717, 1.165) is 19.5 Å². The van der Waals surface area contributed by atoms with Crippen LogP contribution >= 0.6 is 0 Å². The molecule has 0 aromatic carbocycles. The van der Waals surface area contributed by atoms with Crippen molar-refractivity contribution in [3.05, 3.63) is 12.2 Å². The Hall–Kier alpha value is -0.613. The zero-order chi connectivity index (χ0) is 13.3. The molecule has 0 aliphatic heterocycles. The molecule has 0 saturated heterocycles. The van der Waals surface area contributed by atoms with Gasteiger partial charge < -0.3 is 9.30 Å². The summed E-state index contributed by atoms with van der Waals surface area (Å²) >= 11 is 0. The molecule has 0 aromatic rings. The number of hydrogen-bond acceptors (Lipinski definition) is 3. The molecule has 0 aliphatic rings. The van der Waals surface area contributed by atoms with Gasteiger partial charge in [0, 0.05) is 6.08 Å². The molecule has 0 atom stereocenters. The van der Waals surface area contributed by atoms with E-state index in [2.05, 4.69) is 31.5 Å². The van der Waals surface area contributed by atoms with Gasteiger partial charge in [0.2, 0.25) is 0 Å². The highest BCUT2D eigenvalue weighted by atomic mass is 28.3. The Morgan fingerprint density at radius 3 is 2.35 bits per heavy atom. The van der Waals surface area contributed by atoms with E-state index in [1.54, 1.807) is 6.08 Å². The van der Waals surface area contributed by atoms with Crippen LogP contribution < -0.4 is 0 Å². The first-order valence-electron chi connectivity index (χ1n) is 6.52. The van der Waals surface area contributed by atoms with E-state index in [0.29, 0.717) is 6.61 Å². The standard InChI is InChI=1S/C13H27NO2Si/c1-6-10-13(15)16-11-9-12-17(4,5)14(7-2)8-3/h6,10H,7-9,11-12H2,1-5H3. The predicted octanol–water partition coefficient (Wildman–Crippen LogP) is 3.04. The number of hydrogen-bond donors (Lipinski definition) is 0. The summed E-state index contributed by atoms with van der Waals surface area (Å²) in [6.45, 7) is 13.8. The maximum atomic E-state index is 11.1. The molecule has 0 unspecified atom stereocenters. The summed E-state index contributed by atoms with van der Waals surface area (Å²) < 4.78 is 7.67. The van der Waals surface area contributed by atoms with Crippen molar-refractivity contribution in [1.29, 1.82) is 0 Å². The molecule has 0 rings (SSSR count). The van der Waals surface area contributed by atoms with Gasteiger partial charge in [-0.2, -0.15) is 0 Å². The molecular weight excluding hydrogens is 230 g/mol. The molecular formula is C13H27NO2Si. The minimum Gasteiger partial charge on any atom is -0.463 e. The smallest absolute Gasteiger partial charge is 0.330 e. The molecule has 100 valence electrons. The Morgan fingerprint density at radius 1 is 1.29 bits per heavy atom. The first-order valence-corrected chi connectivity index (χ1v) is 9.67. The van der Waals surface area contributed by atoms with Crippen LogP contribution in [0.2, 0.25) is 19.1 Å². The number of allylic oxidation sites excluding steroid dienone is 1. The summed E-state index contributed by atoms with van der Waals surface area (Å²) in [5, 5.41) is 0. The first-order chi connectivity index (χ1) is 7.97. The topological polar surface area (TPSA) is 29.5 Å². The van der Waals surface area contributed by atoms with Crippen molar-refractivity contribution in [2.75, 3.05) is 19.7 Å². The number of carbonyl (C=O) groups is 1. The summed E-state index contributed by atoms with van der Waals surface area (Å²) in [6.07, 6.45) is 4.14. The van der Waals surface area contributed by atoms with E-state index >= 15 is 0 Å². The van der Waals surface area contributed by atoms with Gasteiger partial charge in [-0.1, -0.05) is 33.0 Å². The van der Waals surface area contributed by atoms with Crippen molar-refractivity contribution in [2.24, 2.45) is 0 Å². The van der Waals surface area contributed by atoms with Crippen molar-refractivity contribution in [3.63, 3.8) is 0 Å². The quantitative estimate of drug-likeness (QED) is 0.290. The third kappa shape index (κ3) is 6.63. The lowest BCUT2D eigenvalue weighted by Gasteiger charge is -2.35. The van der Waals surface area contributed by atoms with Crippen LogP contribution in [0, 0.1) is 0 Å². The Labute approximate surface area is 107 Å². The SMILES string of the molecule is CC=CC(=O)OCCC[Si](C)(C)N(CC)CC. The van der Waals surface area contributed by atoms with Gasteiger partial charge in [0.25, 0.3) is 0 Å². The molecule has 0 aromatic heterocycles. The van der Waals surface area contributed by atoms with Gasteiger partial charge in [0.15, 0.2) is 0 Å². The number of rotatable bonds is 8. The van der Waals surface area contributed by atoms with Crippen LogP contribution in [-0.2, 0) is 9.53 Å². The van der Waals surface area contributed by atoms with Gasteiger partial charge in [-0.15, -0.1) is 0 Å². The average molecular weight is 257 g/mol. The zero-order valence-corrected chi connectivity index (χ0v) is 13.0. The van der Waals surface area contributed by atoms with Crippen LogP contribution in [0.25, 0.3) is 0 Å². The highest BCUT2D eigenvalue weighted by Gasteiger charge is 2.26. The van der Waals surface area contributed by atoms with E-state index in [1.807, 2.05) is 6.92 Å². The summed E-state index contributed by atoms with van der Waals surface area (Å²) in [5.41, 5.74) is 0. The van der Waals surface area contributed by atoms with Gasteiger partial charge in [-0.25, -0.2) is 4.79 Å². The van der Waals surface area contributed by atoms with Crippen LogP contribution in [0.4, 0.5) is 0 Å². The molecule has 0 amide bonds. The van der Waals surface area contributed by atoms with Crippen molar-refractivity contribution in [2.45, 2.75) is 46.3 Å². The zero-order valence-electron chi connectivity index (χ0n) is 12.0. The molecule has 0 bridgehead atoms. The summed E-state index contributed by atoms with van der Waals surface area (Å²) in [5.74, 6) is -0.227. The Morgan fingerprint density at radius 2 is 1.88 bits per heavy atom. The van der Waals surface area contributed by atoms with E-state index in [1.165, 1.54) is 12.1 Å². The van der Waals surface area contributed by atoms with Crippen molar-refractivity contribution in [3.8, 4) is 0 Å². The first kappa shape index (κ1) is 16.4. The van der Waals surface area contributed by atoms with E-state index in [9.17, 15) is 4.79 Å². The van der Waals surface area contributed by atoms with Crippen LogP contribution in [0.5, 0.6) is 0 Å². The summed E-state index contributed by atoms with van der Waals surface area (Å²) in [7, 11) is -1.30. The number of ether oxygens (including phenoxy) is 1. The third-order valence-corrected chi connectivity index (χ3v) is 7.02. The molecule has 0 fully saturated rings. The van der Waals surface area contributed by atoms with Crippen LogP contribution in [0.15, 0.2) is 12.2 Å². The Bertz CT molecular complexity index is 248. The molecule has 0 N–H and O–H groups in total. The Balaban J connectivity index is 3.90. The van der Waals surface area contributed by atoms with Gasteiger partial charge in [0.1, 0.15) is 8.24 Å². The average Bonchev–Trinajstić information content (AvgIpc) is 2.26. The van der Waals surface area contributed by atoms with Crippen molar-refractivity contribution < 1.29 is 9.53 Å². The molecule has 3 nitrogen and oxygen atoms in total. The minimum atomic E-state index is -1.30. The maximum Gasteiger partial charge on any atom is 0.330 e. The third-order valence-electron chi connectivity index (χ3n) is 3.10. The fourth-order valence-corrected chi connectivity index (χ4v) is 5.14. The molecule has 4 heteroatoms. The van der Waals surface area contributed by atoms with Gasteiger partial charge >= 0.3 is 5.97 Å². The van der Waals surface area contributed by atoms with E-state index in [-0.39, 0.29) is 5.97 Å². The lowest BCUT2D eigenvalue weighted by atomic mass is 10.5. The molecule has 0 aliphatic carbocycles. The largest absolute Gasteiger partial charge is 0.463 e. The lowest BCUT2D eigenvalue weighted by Crippen LogP contribution is -2.48. The number of esters is 1. The minimum absolute atomic E-state index is 0.227. The highest BCUT2D eigenvalue weighted by molar-refractivity contribution is 6.74. The monoisotopic (exact) mass is 257 g/mol. The van der Waals surface area contributed by atoms with Crippen LogP contribution in [0.3, 0.4) is 0 Å². The predicted molar refractivity (Wildman–Crippen MR) is 75.6 cm³/mol. The second kappa shape index (κ2) is 8.47. The van der Waals surface area contributed by atoms with Crippen molar-refractivity contribution >= 4 is 14.2 Å². The molecule has 0 spiro atoms. The molecule has 17 heavy (non-hydrogen) atoms. The maximum absolute atomic E-state index is 11.1. The highest BCUT2D eigenvalue weighted by Crippen LogP contribution is 2.17. The summed E-state index contributed by atoms with van der Waals surface area (Å²) in [6, 6.07) is 1.18. The number of nitrogens with zero attached hydrogens (tertiary/aromatic N) is 1. The lowest BCUT2D eigenvalue weighted by molar-refractivity contribution is -0.137. The van der Waals surface area contributed by atoms with Crippen molar-refractivity contribution in [1.82, 2.24) is 4.57 Å². The summed E-state index contributed by atoms with van der Waals surface area (Å²) in [4.78, 5) is 11.1. The van der Waals surface area contributed by atoms with E-state index in [4.69, 9.17) is 4.74 Å². The van der Waals surface area contributed by atoms with E-state index < -0.39 is 8.24 Å². The molecule has 0 saturated carbocycles. The number of carbonyl (C=O) groups excluding carboxylic acids is 1. The van der Waals surface area contributed by atoms with Gasteiger partial charge in [-0.05, 0) is 32.5 Å². The van der Waals surface area contributed by atoms with Crippen LogP contribution in [0.1, 0.15) is 27.2 Å². The normalized spacial score (nSPS) is 12.4. The second-order valence-corrected chi connectivity index (χ2v) is 9.51.